The fourth-order valence-corrected chi connectivity index (χ4v) is 8.68. The minimum atomic E-state index is -0.126. The molecule has 0 spiro atoms. The molecule has 0 radical (unpaired) electrons. The third kappa shape index (κ3) is 5.97. The number of aliphatic imine (C=N–C) groups is 1. The molecule has 6 rings (SSSR count). The predicted molar refractivity (Wildman–Crippen MR) is 181 cm³/mol. The lowest BCUT2D eigenvalue weighted by Crippen LogP contribution is -2.40. The molecule has 2 heteroatoms. The van der Waals surface area contributed by atoms with Gasteiger partial charge in [-0.15, -0.1) is 0 Å². The van der Waals surface area contributed by atoms with Crippen molar-refractivity contribution in [2.75, 3.05) is 0 Å². The van der Waals surface area contributed by atoms with Gasteiger partial charge in [0.25, 0.3) is 0 Å². The quantitative estimate of drug-likeness (QED) is 0.272. The normalized spacial score (nSPS) is 27.6. The minimum absolute atomic E-state index is 0.126. The summed E-state index contributed by atoms with van der Waals surface area (Å²) >= 11 is 0. The molecule has 43 heavy (non-hydrogen) atoms. The molecule has 2 fully saturated rings. The van der Waals surface area contributed by atoms with Gasteiger partial charge in [0.1, 0.15) is 5.75 Å². The number of benzene rings is 2. The molecule has 4 aliphatic carbocycles. The molecule has 1 N–H and O–H groups in total. The SMILES string of the molecule is CC(C)(C)c1cccc(C=Nc2ccc(C#CCCC(C)(C3CCCC3)C3C4C=CC=CC4C4C=CC=CC43)cc2)c1O. The Balaban J connectivity index is 1.15. The first-order valence-corrected chi connectivity index (χ1v) is 16.4. The van der Waals surface area contributed by atoms with Crippen LogP contribution >= 0.6 is 0 Å². The van der Waals surface area contributed by atoms with E-state index in [0.29, 0.717) is 35.3 Å². The van der Waals surface area contributed by atoms with E-state index in [-0.39, 0.29) is 10.8 Å². The first-order chi connectivity index (χ1) is 20.8. The smallest absolute Gasteiger partial charge is 0.128 e. The zero-order valence-electron chi connectivity index (χ0n) is 26.3. The van der Waals surface area contributed by atoms with Gasteiger partial charge in [-0.3, -0.25) is 4.99 Å². The highest BCUT2D eigenvalue weighted by Gasteiger charge is 2.56. The standard InChI is InChI=1S/C41H47NO/c1-40(2,3)37-22-13-15-30(39(37)43)28-42-32-25-23-29(24-26-32)14-11-12-27-41(4,31-16-5-6-17-31)38-35-20-9-7-18-33(35)34-19-8-10-21-36(34)38/h7-10,13,15,18-26,28,31,33-36,38,43H,5-6,12,16-17,27H2,1-4H3. The molecule has 0 saturated heterocycles. The van der Waals surface area contributed by atoms with Gasteiger partial charge in [-0.2, -0.15) is 0 Å². The highest BCUT2D eigenvalue weighted by Crippen LogP contribution is 2.62. The molecule has 0 heterocycles. The van der Waals surface area contributed by atoms with E-state index < -0.39 is 0 Å². The number of hydrogen-bond acceptors (Lipinski definition) is 2. The van der Waals surface area contributed by atoms with Crippen molar-refractivity contribution < 1.29 is 5.11 Å². The number of para-hydroxylation sites is 1. The van der Waals surface area contributed by atoms with Gasteiger partial charge in [-0.05, 0) is 101 Å². The van der Waals surface area contributed by atoms with Crippen molar-refractivity contribution in [1.29, 1.82) is 0 Å². The van der Waals surface area contributed by atoms with Crippen LogP contribution in [0.15, 0.2) is 96.1 Å². The topological polar surface area (TPSA) is 32.6 Å². The molecular weight excluding hydrogens is 522 g/mol. The number of aromatic hydroxyl groups is 1. The molecule has 2 saturated carbocycles. The van der Waals surface area contributed by atoms with Crippen LogP contribution in [-0.2, 0) is 5.41 Å². The Bertz CT molecular complexity index is 1480. The molecule has 0 aliphatic heterocycles. The lowest BCUT2D eigenvalue weighted by molar-refractivity contribution is 0.0465. The maximum absolute atomic E-state index is 10.8. The van der Waals surface area contributed by atoms with Crippen LogP contribution in [0.25, 0.3) is 0 Å². The molecule has 5 unspecified atom stereocenters. The Kier molecular flexibility index (Phi) is 8.37. The molecular formula is C41H47NO. The molecule has 0 amide bonds. The summed E-state index contributed by atoms with van der Waals surface area (Å²) in [5, 5.41) is 10.8. The maximum Gasteiger partial charge on any atom is 0.128 e. The van der Waals surface area contributed by atoms with Crippen molar-refractivity contribution >= 4 is 11.9 Å². The summed E-state index contributed by atoms with van der Waals surface area (Å²) in [5.74, 6) is 11.3. The fourth-order valence-electron chi connectivity index (χ4n) is 8.68. The van der Waals surface area contributed by atoms with Crippen molar-refractivity contribution in [1.82, 2.24) is 0 Å². The highest BCUT2D eigenvalue weighted by atomic mass is 16.3. The zero-order valence-corrected chi connectivity index (χ0v) is 26.3. The van der Waals surface area contributed by atoms with Gasteiger partial charge in [-0.25, -0.2) is 0 Å². The molecule has 222 valence electrons. The Morgan fingerprint density at radius 3 is 2.02 bits per heavy atom. The Labute approximate surface area is 259 Å². The van der Waals surface area contributed by atoms with Crippen molar-refractivity contribution in [3.05, 3.63) is 108 Å². The molecule has 2 nitrogen and oxygen atoms in total. The van der Waals surface area contributed by atoms with Crippen LogP contribution in [0.1, 0.15) is 82.9 Å². The third-order valence-corrected chi connectivity index (χ3v) is 10.9. The summed E-state index contributed by atoms with van der Waals surface area (Å²) in [5.41, 5.74) is 3.71. The van der Waals surface area contributed by atoms with Crippen molar-refractivity contribution in [3.63, 3.8) is 0 Å². The number of fused-ring (bicyclic) bond motifs is 3. The average Bonchev–Trinajstić information content (AvgIpc) is 3.67. The largest absolute Gasteiger partial charge is 0.507 e. The number of rotatable bonds is 6. The second kappa shape index (κ2) is 12.2. The Morgan fingerprint density at radius 1 is 0.814 bits per heavy atom. The van der Waals surface area contributed by atoms with Crippen molar-refractivity contribution in [3.8, 4) is 17.6 Å². The number of nitrogens with zero attached hydrogens (tertiary/aromatic N) is 1. The molecule has 4 aliphatic rings. The molecule has 5 atom stereocenters. The van der Waals surface area contributed by atoms with Gasteiger partial charge in [-0.1, -0.05) is 113 Å². The lowest BCUT2D eigenvalue weighted by Gasteiger charge is -2.46. The van der Waals surface area contributed by atoms with E-state index in [1.165, 1.54) is 25.7 Å². The summed E-state index contributed by atoms with van der Waals surface area (Å²) < 4.78 is 0. The molecule has 2 aromatic carbocycles. The summed E-state index contributed by atoms with van der Waals surface area (Å²) in [4.78, 5) is 4.63. The molecule has 0 bridgehead atoms. The van der Waals surface area contributed by atoms with Crippen LogP contribution in [-0.4, -0.2) is 11.3 Å². The van der Waals surface area contributed by atoms with Crippen molar-refractivity contribution in [2.45, 2.75) is 71.6 Å². The van der Waals surface area contributed by atoms with E-state index in [2.05, 4.69) is 105 Å². The van der Waals surface area contributed by atoms with Crippen LogP contribution in [0.3, 0.4) is 0 Å². The maximum atomic E-state index is 10.8. The molecule has 0 aromatic heterocycles. The van der Waals surface area contributed by atoms with E-state index in [1.54, 1.807) is 6.21 Å². The van der Waals surface area contributed by atoms with E-state index in [4.69, 9.17) is 0 Å². The average molecular weight is 570 g/mol. The second-order valence-corrected chi connectivity index (χ2v) is 14.5. The van der Waals surface area contributed by atoms with Gasteiger partial charge >= 0.3 is 0 Å². The van der Waals surface area contributed by atoms with E-state index in [0.717, 1.165) is 41.1 Å². The van der Waals surface area contributed by atoms with Crippen LogP contribution < -0.4 is 0 Å². The van der Waals surface area contributed by atoms with Gasteiger partial charge < -0.3 is 5.11 Å². The summed E-state index contributed by atoms with van der Waals surface area (Å²) in [7, 11) is 0. The number of phenols is 1. The number of phenolic OH excluding ortho intramolecular Hbond substituents is 1. The van der Waals surface area contributed by atoms with E-state index in [1.807, 2.05) is 30.3 Å². The predicted octanol–water partition coefficient (Wildman–Crippen LogP) is 10.1. The second-order valence-electron chi connectivity index (χ2n) is 14.5. The Hall–Kier alpha value is -3.57. The fraction of sp³-hybridized carbons (Fsp3) is 0.439. The number of hydrogen-bond donors (Lipinski definition) is 1. The van der Waals surface area contributed by atoms with Crippen LogP contribution in [0.2, 0.25) is 0 Å². The lowest BCUT2D eigenvalue weighted by atomic mass is 9.58. The third-order valence-electron chi connectivity index (χ3n) is 10.9. The number of allylic oxidation sites excluding steroid dienone is 8. The monoisotopic (exact) mass is 569 g/mol. The summed E-state index contributed by atoms with van der Waals surface area (Å²) in [6.45, 7) is 8.94. The van der Waals surface area contributed by atoms with Gasteiger partial charge in [0.2, 0.25) is 0 Å². The van der Waals surface area contributed by atoms with E-state index in [9.17, 15) is 5.11 Å². The zero-order chi connectivity index (χ0) is 30.0. The van der Waals surface area contributed by atoms with Gasteiger partial charge in [0, 0.05) is 23.8 Å². The van der Waals surface area contributed by atoms with Crippen molar-refractivity contribution in [2.24, 2.45) is 45.9 Å². The Morgan fingerprint density at radius 2 is 1.42 bits per heavy atom. The van der Waals surface area contributed by atoms with Gasteiger partial charge in [0.15, 0.2) is 0 Å². The summed E-state index contributed by atoms with van der Waals surface area (Å²) in [6, 6.07) is 14.0. The minimum Gasteiger partial charge on any atom is -0.507 e. The van der Waals surface area contributed by atoms with Crippen LogP contribution in [0.4, 0.5) is 5.69 Å². The summed E-state index contributed by atoms with van der Waals surface area (Å²) in [6.07, 6.45) is 28.5. The first kappa shape index (κ1) is 29.5. The van der Waals surface area contributed by atoms with Crippen LogP contribution in [0, 0.1) is 52.8 Å². The molecule has 2 aromatic rings. The van der Waals surface area contributed by atoms with Gasteiger partial charge in [0.05, 0.1) is 5.69 Å². The first-order valence-electron chi connectivity index (χ1n) is 16.4. The highest BCUT2D eigenvalue weighted by molar-refractivity contribution is 5.86. The van der Waals surface area contributed by atoms with Crippen LogP contribution in [0.5, 0.6) is 5.75 Å². The van der Waals surface area contributed by atoms with E-state index >= 15 is 0 Å².